The highest BCUT2D eigenvalue weighted by molar-refractivity contribution is 5.86. The van der Waals surface area contributed by atoms with Crippen LogP contribution in [0.15, 0.2) is 0 Å². The number of aromatic nitrogens is 4. The van der Waals surface area contributed by atoms with Gasteiger partial charge in [0.05, 0.1) is 0 Å². The minimum absolute atomic E-state index is 0.0361. The Hall–Kier alpha value is -2.20. The highest BCUT2D eigenvalue weighted by Crippen LogP contribution is 2.15. The summed E-state index contributed by atoms with van der Waals surface area (Å²) in [5.74, 6) is -3.73. The largest absolute Gasteiger partial charge is 0.480 e. The maximum Gasteiger partial charge on any atom is 0.471 e. The van der Waals surface area contributed by atoms with Crippen LogP contribution < -0.4 is 5.32 Å². The van der Waals surface area contributed by atoms with Crippen LogP contribution in [0.4, 0.5) is 13.2 Å². The second-order valence-electron chi connectivity index (χ2n) is 3.23. The summed E-state index contributed by atoms with van der Waals surface area (Å²) in [4.78, 5) is 21.3. The van der Waals surface area contributed by atoms with E-state index in [1.54, 1.807) is 0 Å². The number of hydrogen-bond donors (Lipinski definition) is 3. The first-order valence-electron chi connectivity index (χ1n) is 4.63. The third-order valence-corrected chi connectivity index (χ3v) is 1.91. The summed E-state index contributed by atoms with van der Waals surface area (Å²) < 4.78 is 35.8. The van der Waals surface area contributed by atoms with Crippen LogP contribution in [0.2, 0.25) is 0 Å². The average molecular weight is 267 g/mol. The predicted molar refractivity (Wildman–Crippen MR) is 48.1 cm³/mol. The molecule has 0 aromatic carbocycles. The number of nitrogens with zero attached hydrogens (tertiary/aromatic N) is 3. The van der Waals surface area contributed by atoms with E-state index >= 15 is 0 Å². The summed E-state index contributed by atoms with van der Waals surface area (Å²) in [6.07, 6.45) is -5.44. The summed E-state index contributed by atoms with van der Waals surface area (Å²) in [7, 11) is 0. The number of halogens is 3. The van der Waals surface area contributed by atoms with E-state index in [1.807, 2.05) is 0 Å². The van der Waals surface area contributed by atoms with Gasteiger partial charge in [0.1, 0.15) is 6.04 Å². The van der Waals surface area contributed by atoms with E-state index in [4.69, 9.17) is 5.11 Å². The van der Waals surface area contributed by atoms with Crippen LogP contribution in [0.25, 0.3) is 0 Å². The Labute approximate surface area is 97.6 Å². The molecule has 1 aromatic rings. The van der Waals surface area contributed by atoms with Gasteiger partial charge in [-0.2, -0.15) is 18.4 Å². The summed E-state index contributed by atoms with van der Waals surface area (Å²) in [5, 5.41) is 22.3. The first-order chi connectivity index (χ1) is 8.30. The standard InChI is InChI=1S/C7H8F3N5O3/c8-7(9,10)6(18)11-3(5(16)17)1-2-4-12-14-15-13-4/h3H,1-2H2,(H,11,18)(H,16,17)(H,12,13,14,15)/t3-/m0/s1. The van der Waals surface area contributed by atoms with Crippen molar-refractivity contribution in [2.75, 3.05) is 0 Å². The number of nitrogens with one attached hydrogen (secondary N) is 2. The van der Waals surface area contributed by atoms with Gasteiger partial charge < -0.3 is 10.4 Å². The minimum Gasteiger partial charge on any atom is -0.480 e. The van der Waals surface area contributed by atoms with Gasteiger partial charge in [-0.25, -0.2) is 4.79 Å². The lowest BCUT2D eigenvalue weighted by Gasteiger charge is -2.14. The zero-order chi connectivity index (χ0) is 13.8. The highest BCUT2D eigenvalue weighted by Gasteiger charge is 2.40. The van der Waals surface area contributed by atoms with Crippen LogP contribution in [0.3, 0.4) is 0 Å². The second kappa shape index (κ2) is 5.42. The molecule has 0 saturated heterocycles. The summed E-state index contributed by atoms with van der Waals surface area (Å²) in [6, 6.07) is -1.67. The van der Waals surface area contributed by atoms with E-state index < -0.39 is 24.1 Å². The Morgan fingerprint density at radius 2 is 2.11 bits per heavy atom. The van der Waals surface area contributed by atoms with Crippen LogP contribution in [0, 0.1) is 0 Å². The fraction of sp³-hybridized carbons (Fsp3) is 0.571. The van der Waals surface area contributed by atoms with Gasteiger partial charge in [0.2, 0.25) is 0 Å². The molecule has 1 rings (SSSR count). The van der Waals surface area contributed by atoms with Crippen molar-refractivity contribution in [3.05, 3.63) is 5.82 Å². The average Bonchev–Trinajstić information content (AvgIpc) is 2.74. The fourth-order valence-electron chi connectivity index (χ4n) is 1.06. The minimum atomic E-state index is -5.13. The van der Waals surface area contributed by atoms with Gasteiger partial charge in [-0.05, 0) is 6.42 Å². The first-order valence-corrected chi connectivity index (χ1v) is 4.63. The molecule has 0 saturated carbocycles. The maximum absolute atomic E-state index is 11.9. The molecule has 1 heterocycles. The van der Waals surface area contributed by atoms with Crippen molar-refractivity contribution >= 4 is 11.9 Å². The lowest BCUT2D eigenvalue weighted by Crippen LogP contribution is -2.47. The molecule has 8 nitrogen and oxygen atoms in total. The van der Waals surface area contributed by atoms with Crippen LogP contribution in [-0.2, 0) is 16.0 Å². The maximum atomic E-state index is 11.9. The van der Waals surface area contributed by atoms with Crippen molar-refractivity contribution in [2.45, 2.75) is 25.1 Å². The number of aliphatic carboxylic acids is 1. The molecule has 1 amide bonds. The Bertz CT molecular complexity index is 418. The topological polar surface area (TPSA) is 121 Å². The molecule has 3 N–H and O–H groups in total. The molecular formula is C7H8F3N5O3. The van der Waals surface area contributed by atoms with Crippen molar-refractivity contribution in [2.24, 2.45) is 0 Å². The van der Waals surface area contributed by atoms with Crippen molar-refractivity contribution in [3.8, 4) is 0 Å². The van der Waals surface area contributed by atoms with E-state index in [9.17, 15) is 22.8 Å². The molecule has 0 unspecified atom stereocenters. The van der Waals surface area contributed by atoms with Crippen molar-refractivity contribution in [1.82, 2.24) is 25.9 Å². The van der Waals surface area contributed by atoms with Crippen LogP contribution in [-0.4, -0.2) is 49.8 Å². The van der Waals surface area contributed by atoms with Crippen LogP contribution in [0.1, 0.15) is 12.2 Å². The molecule has 0 aliphatic rings. The third-order valence-electron chi connectivity index (χ3n) is 1.91. The number of hydrogen-bond acceptors (Lipinski definition) is 5. The number of aromatic amines is 1. The van der Waals surface area contributed by atoms with E-state index in [1.165, 1.54) is 5.32 Å². The first kappa shape index (κ1) is 13.9. The molecule has 18 heavy (non-hydrogen) atoms. The number of carboxylic acid groups (broad SMARTS) is 1. The van der Waals surface area contributed by atoms with E-state index in [2.05, 4.69) is 20.6 Å². The number of H-pyrrole nitrogens is 1. The SMILES string of the molecule is O=C(O)[C@H](CCc1nn[nH]n1)NC(=O)C(F)(F)F. The lowest BCUT2D eigenvalue weighted by atomic mass is 10.1. The number of rotatable bonds is 5. The number of tetrazole rings is 1. The number of carbonyl (C=O) groups is 2. The van der Waals surface area contributed by atoms with Crippen LogP contribution >= 0.6 is 0 Å². The quantitative estimate of drug-likeness (QED) is 0.646. The normalized spacial score (nSPS) is 13.1. The van der Waals surface area contributed by atoms with Gasteiger partial charge in [0.15, 0.2) is 5.82 Å². The fourth-order valence-corrected chi connectivity index (χ4v) is 1.06. The number of carboxylic acids is 1. The smallest absolute Gasteiger partial charge is 0.471 e. The lowest BCUT2D eigenvalue weighted by molar-refractivity contribution is -0.175. The second-order valence-corrected chi connectivity index (χ2v) is 3.23. The molecule has 1 atom stereocenters. The zero-order valence-electron chi connectivity index (χ0n) is 8.73. The Morgan fingerprint density at radius 3 is 2.56 bits per heavy atom. The van der Waals surface area contributed by atoms with Crippen LogP contribution in [0.5, 0.6) is 0 Å². The zero-order valence-corrected chi connectivity index (χ0v) is 8.73. The van der Waals surface area contributed by atoms with Gasteiger partial charge in [-0.3, -0.25) is 4.79 Å². The number of aryl methyl sites for hydroxylation is 1. The van der Waals surface area contributed by atoms with Crippen molar-refractivity contribution in [3.63, 3.8) is 0 Å². The van der Waals surface area contributed by atoms with E-state index in [0.717, 1.165) is 0 Å². The number of alkyl halides is 3. The third kappa shape index (κ3) is 3.99. The molecule has 0 aliphatic heterocycles. The number of carbonyl (C=O) groups excluding carboxylic acids is 1. The molecule has 100 valence electrons. The van der Waals surface area contributed by atoms with Crippen molar-refractivity contribution in [1.29, 1.82) is 0 Å². The summed E-state index contributed by atoms with van der Waals surface area (Å²) >= 11 is 0. The molecule has 0 bridgehead atoms. The number of amides is 1. The monoisotopic (exact) mass is 267 g/mol. The van der Waals surface area contributed by atoms with E-state index in [0.29, 0.717) is 0 Å². The predicted octanol–water partition coefficient (Wildman–Crippen LogP) is -0.736. The molecule has 0 fully saturated rings. The molecule has 11 heteroatoms. The van der Waals surface area contributed by atoms with Gasteiger partial charge in [0.25, 0.3) is 0 Å². The molecule has 1 aromatic heterocycles. The van der Waals surface area contributed by atoms with Gasteiger partial charge in [0, 0.05) is 6.42 Å². The van der Waals surface area contributed by atoms with Crippen molar-refractivity contribution < 1.29 is 27.9 Å². The molecular weight excluding hydrogens is 259 g/mol. The van der Waals surface area contributed by atoms with Gasteiger partial charge in [-0.1, -0.05) is 5.21 Å². The summed E-state index contributed by atoms with van der Waals surface area (Å²) in [6.45, 7) is 0. The van der Waals surface area contributed by atoms with Gasteiger partial charge in [-0.15, -0.1) is 10.2 Å². The highest BCUT2D eigenvalue weighted by atomic mass is 19.4. The molecule has 0 aliphatic carbocycles. The summed E-state index contributed by atoms with van der Waals surface area (Å²) in [5.41, 5.74) is 0. The van der Waals surface area contributed by atoms with E-state index in [-0.39, 0.29) is 18.7 Å². The Balaban J connectivity index is 2.55. The molecule has 0 spiro atoms. The Morgan fingerprint density at radius 1 is 1.44 bits per heavy atom. The molecule has 0 radical (unpaired) electrons. The Kier molecular flexibility index (Phi) is 4.18. The van der Waals surface area contributed by atoms with Gasteiger partial charge >= 0.3 is 18.1 Å².